The highest BCUT2D eigenvalue weighted by molar-refractivity contribution is 6.30. The van der Waals surface area contributed by atoms with E-state index in [2.05, 4.69) is 22.1 Å². The van der Waals surface area contributed by atoms with Crippen LogP contribution in [0.15, 0.2) is 79.3 Å². The van der Waals surface area contributed by atoms with E-state index < -0.39 is 0 Å². The molecule has 0 bridgehead atoms. The van der Waals surface area contributed by atoms with Gasteiger partial charge in [0.1, 0.15) is 0 Å². The number of H-pyrrole nitrogens is 1. The zero-order valence-corrected chi connectivity index (χ0v) is 16.1. The lowest BCUT2D eigenvalue weighted by atomic mass is 10.1. The van der Waals surface area contributed by atoms with Crippen LogP contribution in [0.2, 0.25) is 5.02 Å². The maximum Gasteiger partial charge on any atom is 0.254 e. The van der Waals surface area contributed by atoms with Crippen LogP contribution in [0.1, 0.15) is 21.5 Å². The van der Waals surface area contributed by atoms with Gasteiger partial charge in [-0.05, 0) is 60.0 Å². The largest absolute Gasteiger partial charge is 0.361 e. The average molecular weight is 390 g/mol. The second kappa shape index (κ2) is 8.28. The average Bonchev–Trinajstić information content (AvgIpc) is 3.15. The summed E-state index contributed by atoms with van der Waals surface area (Å²) in [6, 6.07) is 19.1. The van der Waals surface area contributed by atoms with Gasteiger partial charge in [-0.2, -0.15) is 0 Å². The maximum atomic E-state index is 13.1. The van der Waals surface area contributed by atoms with Crippen molar-refractivity contribution >= 4 is 28.4 Å². The number of benzene rings is 2. The molecule has 0 radical (unpaired) electrons. The smallest absolute Gasteiger partial charge is 0.254 e. The van der Waals surface area contributed by atoms with Crippen LogP contribution in [0.3, 0.4) is 0 Å². The van der Waals surface area contributed by atoms with Gasteiger partial charge >= 0.3 is 0 Å². The van der Waals surface area contributed by atoms with Crippen molar-refractivity contribution in [3.05, 3.63) is 101 Å². The van der Waals surface area contributed by atoms with E-state index in [4.69, 9.17) is 11.6 Å². The first-order chi connectivity index (χ1) is 13.7. The Labute approximate surface area is 168 Å². The van der Waals surface area contributed by atoms with E-state index in [1.807, 2.05) is 35.4 Å². The number of aromatic nitrogens is 2. The molecule has 0 saturated heterocycles. The SMILES string of the molecule is O=C(c1ccc(Cl)cc1)N(CCc1c[nH]c2ccccc12)Cc1ccncc1. The number of pyridine rings is 1. The second-order valence-electron chi connectivity index (χ2n) is 6.70. The monoisotopic (exact) mass is 389 g/mol. The molecule has 140 valence electrons. The molecule has 2 aromatic carbocycles. The van der Waals surface area contributed by atoms with Gasteiger partial charge in [0, 0.05) is 53.2 Å². The van der Waals surface area contributed by atoms with E-state index in [1.165, 1.54) is 10.9 Å². The van der Waals surface area contributed by atoms with Crippen molar-refractivity contribution in [1.29, 1.82) is 0 Å². The van der Waals surface area contributed by atoms with Gasteiger partial charge in [0.25, 0.3) is 5.91 Å². The number of rotatable bonds is 6. The Morgan fingerprint density at radius 2 is 1.75 bits per heavy atom. The van der Waals surface area contributed by atoms with E-state index in [1.54, 1.807) is 36.7 Å². The van der Waals surface area contributed by atoms with E-state index in [9.17, 15) is 4.79 Å². The van der Waals surface area contributed by atoms with Gasteiger partial charge in [0.05, 0.1) is 0 Å². The molecule has 2 heterocycles. The second-order valence-corrected chi connectivity index (χ2v) is 7.13. The first-order valence-corrected chi connectivity index (χ1v) is 9.57. The highest BCUT2D eigenvalue weighted by Crippen LogP contribution is 2.20. The normalized spacial score (nSPS) is 10.9. The predicted octanol–water partition coefficient (Wildman–Crippen LogP) is 5.10. The summed E-state index contributed by atoms with van der Waals surface area (Å²) in [5.74, 6) is -0.00619. The van der Waals surface area contributed by atoms with E-state index in [0.717, 1.165) is 17.5 Å². The Hall–Kier alpha value is -3.11. The van der Waals surface area contributed by atoms with Crippen molar-refractivity contribution < 1.29 is 4.79 Å². The summed E-state index contributed by atoms with van der Waals surface area (Å²) in [4.78, 5) is 22.4. The van der Waals surface area contributed by atoms with Crippen LogP contribution in [0, 0.1) is 0 Å². The van der Waals surface area contributed by atoms with Crippen molar-refractivity contribution in [2.24, 2.45) is 0 Å². The number of hydrogen-bond acceptors (Lipinski definition) is 2. The number of amides is 1. The zero-order valence-electron chi connectivity index (χ0n) is 15.3. The number of para-hydroxylation sites is 1. The molecule has 0 spiro atoms. The van der Waals surface area contributed by atoms with Crippen LogP contribution < -0.4 is 0 Å². The Morgan fingerprint density at radius 3 is 2.54 bits per heavy atom. The Kier molecular flexibility index (Phi) is 5.40. The molecule has 0 aliphatic carbocycles. The van der Waals surface area contributed by atoms with Crippen LogP contribution >= 0.6 is 11.6 Å². The molecular weight excluding hydrogens is 370 g/mol. The van der Waals surface area contributed by atoms with Gasteiger partial charge < -0.3 is 9.88 Å². The van der Waals surface area contributed by atoms with Crippen LogP contribution in [0.25, 0.3) is 10.9 Å². The molecule has 0 aliphatic heterocycles. The molecule has 0 saturated carbocycles. The molecule has 5 heteroatoms. The number of fused-ring (bicyclic) bond motifs is 1. The molecule has 4 rings (SSSR count). The molecular formula is C23H20ClN3O. The molecule has 2 aromatic heterocycles. The summed E-state index contributed by atoms with van der Waals surface area (Å²) in [6.45, 7) is 1.15. The fraction of sp³-hybridized carbons (Fsp3) is 0.130. The number of carbonyl (C=O) groups excluding carboxylic acids is 1. The first kappa shape index (κ1) is 18.3. The number of halogens is 1. The van der Waals surface area contributed by atoms with Gasteiger partial charge in [-0.3, -0.25) is 9.78 Å². The summed E-state index contributed by atoms with van der Waals surface area (Å²) < 4.78 is 0. The lowest BCUT2D eigenvalue weighted by molar-refractivity contribution is 0.0745. The van der Waals surface area contributed by atoms with Crippen LogP contribution in [0.5, 0.6) is 0 Å². The van der Waals surface area contributed by atoms with Crippen LogP contribution in [-0.2, 0) is 13.0 Å². The number of carbonyl (C=O) groups is 1. The van der Waals surface area contributed by atoms with Gasteiger partial charge in [0.15, 0.2) is 0 Å². The molecule has 1 N–H and O–H groups in total. The summed E-state index contributed by atoms with van der Waals surface area (Å²) >= 11 is 5.97. The summed E-state index contributed by atoms with van der Waals surface area (Å²) in [5, 5.41) is 1.82. The number of nitrogens with zero attached hydrogens (tertiary/aromatic N) is 2. The first-order valence-electron chi connectivity index (χ1n) is 9.19. The summed E-state index contributed by atoms with van der Waals surface area (Å²) in [6.07, 6.45) is 6.30. The van der Waals surface area contributed by atoms with Crippen LogP contribution in [-0.4, -0.2) is 27.3 Å². The molecule has 0 fully saturated rings. The topological polar surface area (TPSA) is 49.0 Å². The molecule has 0 aliphatic rings. The third-order valence-corrected chi connectivity index (χ3v) is 5.08. The van der Waals surface area contributed by atoms with Crippen molar-refractivity contribution in [2.45, 2.75) is 13.0 Å². The fourth-order valence-electron chi connectivity index (χ4n) is 3.33. The van der Waals surface area contributed by atoms with E-state index in [-0.39, 0.29) is 5.91 Å². The fourth-order valence-corrected chi connectivity index (χ4v) is 3.46. The quantitative estimate of drug-likeness (QED) is 0.498. The van der Waals surface area contributed by atoms with Gasteiger partial charge in [0.2, 0.25) is 0 Å². The Bertz CT molecular complexity index is 1070. The minimum absolute atomic E-state index is 0.00619. The molecule has 0 unspecified atom stereocenters. The van der Waals surface area contributed by atoms with E-state index in [0.29, 0.717) is 23.7 Å². The minimum atomic E-state index is -0.00619. The summed E-state index contributed by atoms with van der Waals surface area (Å²) in [5.41, 5.74) is 4.01. The highest BCUT2D eigenvalue weighted by Gasteiger charge is 2.17. The molecule has 0 atom stereocenters. The Morgan fingerprint density at radius 1 is 1.00 bits per heavy atom. The van der Waals surface area contributed by atoms with Crippen LogP contribution in [0.4, 0.5) is 0 Å². The number of aromatic amines is 1. The lowest BCUT2D eigenvalue weighted by Gasteiger charge is -2.23. The van der Waals surface area contributed by atoms with Crippen molar-refractivity contribution in [3.8, 4) is 0 Å². The van der Waals surface area contributed by atoms with Crippen molar-refractivity contribution in [1.82, 2.24) is 14.9 Å². The number of hydrogen-bond donors (Lipinski definition) is 1. The molecule has 4 aromatic rings. The van der Waals surface area contributed by atoms with Crippen molar-refractivity contribution in [2.75, 3.05) is 6.54 Å². The van der Waals surface area contributed by atoms with E-state index >= 15 is 0 Å². The minimum Gasteiger partial charge on any atom is -0.361 e. The van der Waals surface area contributed by atoms with Gasteiger partial charge in [-0.15, -0.1) is 0 Å². The standard InChI is InChI=1S/C23H20ClN3O/c24-20-7-5-18(6-8-20)23(28)27(16-17-9-12-25-13-10-17)14-11-19-15-26-22-4-2-1-3-21(19)22/h1-10,12-13,15,26H,11,14,16H2. The highest BCUT2D eigenvalue weighted by atomic mass is 35.5. The predicted molar refractivity (Wildman–Crippen MR) is 112 cm³/mol. The van der Waals surface area contributed by atoms with Crippen molar-refractivity contribution in [3.63, 3.8) is 0 Å². The third kappa shape index (κ3) is 4.07. The zero-order chi connectivity index (χ0) is 19.3. The molecule has 28 heavy (non-hydrogen) atoms. The maximum absolute atomic E-state index is 13.1. The molecule has 4 nitrogen and oxygen atoms in total. The Balaban J connectivity index is 1.57. The third-order valence-electron chi connectivity index (χ3n) is 4.83. The lowest BCUT2D eigenvalue weighted by Crippen LogP contribution is -2.32. The summed E-state index contributed by atoms with van der Waals surface area (Å²) in [7, 11) is 0. The number of nitrogens with one attached hydrogen (secondary N) is 1. The van der Waals surface area contributed by atoms with Gasteiger partial charge in [-0.25, -0.2) is 0 Å². The molecule has 1 amide bonds. The van der Waals surface area contributed by atoms with Gasteiger partial charge in [-0.1, -0.05) is 29.8 Å².